The van der Waals surface area contributed by atoms with E-state index in [1.165, 1.54) is 13.0 Å². The van der Waals surface area contributed by atoms with Gasteiger partial charge in [0.25, 0.3) is 6.43 Å². The molecule has 0 aromatic heterocycles. The molecule has 1 fully saturated rings. The molecule has 2 aliphatic rings. The van der Waals surface area contributed by atoms with Gasteiger partial charge in [-0.15, -0.1) is 0 Å². The van der Waals surface area contributed by atoms with Gasteiger partial charge in [-0.25, -0.2) is 17.7 Å². The average Bonchev–Trinajstić information content (AvgIpc) is 3.20. The van der Waals surface area contributed by atoms with Crippen LogP contribution in [0.5, 0.6) is 5.75 Å². The first-order chi connectivity index (χ1) is 20.2. The molecule has 234 valence electrons. The Kier molecular flexibility index (Phi) is 9.64. The summed E-state index contributed by atoms with van der Waals surface area (Å²) < 4.78 is 78.6. The Morgan fingerprint density at radius 2 is 1.84 bits per heavy atom. The number of alkyl halides is 2. The molecule has 43 heavy (non-hydrogen) atoms. The Balaban J connectivity index is 1.66. The maximum absolute atomic E-state index is 14.6. The van der Waals surface area contributed by atoms with Gasteiger partial charge in [0.1, 0.15) is 24.0 Å². The van der Waals surface area contributed by atoms with Gasteiger partial charge in [0.05, 0.1) is 19.1 Å². The zero-order valence-corrected chi connectivity index (χ0v) is 24.1. The molecule has 0 bridgehead atoms. The molecule has 2 aromatic rings. The number of nitrogens with one attached hydrogen (secondary N) is 1. The van der Waals surface area contributed by atoms with Crippen molar-refractivity contribution in [3.05, 3.63) is 54.5 Å². The number of aliphatic hydroxyl groups is 2. The summed E-state index contributed by atoms with van der Waals surface area (Å²) in [5.41, 5.74) is -3.13. The lowest BCUT2D eigenvalue weighted by atomic mass is 9.96. The van der Waals surface area contributed by atoms with E-state index in [0.29, 0.717) is 21.9 Å². The number of esters is 1. The Bertz CT molecular complexity index is 1470. The Morgan fingerprint density at radius 1 is 1.16 bits per heavy atom. The van der Waals surface area contributed by atoms with Gasteiger partial charge < -0.3 is 24.2 Å². The number of carbonyl (C=O) groups excluding carboxylic acids is 3. The second kappa shape index (κ2) is 12.7. The smallest absolute Gasteiger partial charge is 0.459 e. The van der Waals surface area contributed by atoms with Crippen LogP contribution in [0.4, 0.5) is 13.2 Å². The van der Waals surface area contributed by atoms with Crippen molar-refractivity contribution in [1.82, 2.24) is 9.99 Å². The van der Waals surface area contributed by atoms with E-state index in [1.54, 1.807) is 50.2 Å². The van der Waals surface area contributed by atoms with Crippen molar-refractivity contribution in [3.8, 4) is 5.75 Å². The maximum Gasteiger partial charge on any atom is 0.459 e. The third kappa shape index (κ3) is 6.77. The lowest BCUT2D eigenvalue weighted by molar-refractivity contribution is -0.200. The fourth-order valence-electron chi connectivity index (χ4n) is 4.49. The number of allylic oxidation sites excluding steroid dienone is 1. The highest BCUT2D eigenvalue weighted by atomic mass is 31.2. The van der Waals surface area contributed by atoms with Gasteiger partial charge in [-0.05, 0) is 32.2 Å². The molecule has 6 atom stereocenters. The number of amides is 1. The van der Waals surface area contributed by atoms with E-state index in [0.717, 1.165) is 0 Å². The van der Waals surface area contributed by atoms with Crippen LogP contribution in [0.2, 0.25) is 0 Å². The van der Waals surface area contributed by atoms with E-state index in [9.17, 15) is 42.3 Å². The van der Waals surface area contributed by atoms with E-state index in [2.05, 4.69) is 5.09 Å². The van der Waals surface area contributed by atoms with Crippen molar-refractivity contribution in [3.63, 3.8) is 0 Å². The SMILES string of the molecule is CC(C)OC(=O)[C@H](C)NP(=O)(OC[C@@]1(C(F)F)O[C@@H](N2C=C(F)C(=O)CC2=O)[C@@H](O)[C@@H]1O)Oc1cccc2ccccc12. The lowest BCUT2D eigenvalue weighted by Gasteiger charge is -2.33. The summed E-state index contributed by atoms with van der Waals surface area (Å²) in [6, 6.07) is 10.1. The first kappa shape index (κ1) is 32.6. The first-order valence-electron chi connectivity index (χ1n) is 13.1. The zero-order valence-electron chi connectivity index (χ0n) is 23.2. The topological polar surface area (TPSA) is 161 Å². The fourth-order valence-corrected chi connectivity index (χ4v) is 6.04. The summed E-state index contributed by atoms with van der Waals surface area (Å²) in [7, 11) is -4.82. The minimum atomic E-state index is -4.82. The first-order valence-corrected chi connectivity index (χ1v) is 14.7. The number of carbonyl (C=O) groups is 3. The van der Waals surface area contributed by atoms with Gasteiger partial charge in [-0.1, -0.05) is 36.4 Å². The van der Waals surface area contributed by atoms with E-state index in [-0.39, 0.29) is 5.75 Å². The number of benzene rings is 2. The quantitative estimate of drug-likeness (QED) is 0.190. The van der Waals surface area contributed by atoms with E-state index in [1.807, 2.05) is 0 Å². The second-order valence-electron chi connectivity index (χ2n) is 10.3. The van der Waals surface area contributed by atoms with Crippen molar-refractivity contribution in [2.45, 2.75) is 69.8 Å². The molecular formula is C27H30F3N2O10P. The highest BCUT2D eigenvalue weighted by molar-refractivity contribution is 7.52. The summed E-state index contributed by atoms with van der Waals surface area (Å²) in [6.07, 6.45) is -11.5. The predicted molar refractivity (Wildman–Crippen MR) is 143 cm³/mol. The van der Waals surface area contributed by atoms with Crippen LogP contribution in [0.3, 0.4) is 0 Å². The van der Waals surface area contributed by atoms with Gasteiger partial charge in [-0.3, -0.25) is 23.8 Å². The van der Waals surface area contributed by atoms with Crippen LogP contribution in [0.15, 0.2) is 54.5 Å². The summed E-state index contributed by atoms with van der Waals surface area (Å²) in [6.45, 7) is 3.00. The molecule has 16 heteroatoms. The van der Waals surface area contributed by atoms with Crippen LogP contribution in [0, 0.1) is 0 Å². The largest absolute Gasteiger partial charge is 0.462 e. The minimum Gasteiger partial charge on any atom is -0.462 e. The van der Waals surface area contributed by atoms with E-state index >= 15 is 0 Å². The van der Waals surface area contributed by atoms with Crippen LogP contribution in [0.25, 0.3) is 10.8 Å². The van der Waals surface area contributed by atoms with E-state index < -0.39 is 86.9 Å². The molecule has 2 aliphatic heterocycles. The number of rotatable bonds is 11. The molecule has 4 rings (SSSR count). The van der Waals surface area contributed by atoms with Gasteiger partial charge in [0.15, 0.2) is 17.7 Å². The third-order valence-electron chi connectivity index (χ3n) is 6.70. The lowest BCUT2D eigenvalue weighted by Crippen LogP contribution is -2.53. The minimum absolute atomic E-state index is 0.0144. The monoisotopic (exact) mass is 630 g/mol. The van der Waals surface area contributed by atoms with Crippen molar-refractivity contribution < 1.29 is 60.9 Å². The number of Topliss-reactive ketones (excluding diaryl/α,β-unsaturated/α-hetero) is 1. The maximum atomic E-state index is 14.6. The molecule has 3 N–H and O–H groups in total. The van der Waals surface area contributed by atoms with Gasteiger partial charge in [0, 0.05) is 11.6 Å². The summed E-state index contributed by atoms with van der Waals surface area (Å²) in [4.78, 5) is 36.7. The number of aliphatic hydroxyl groups excluding tert-OH is 2. The number of fused-ring (bicyclic) bond motifs is 1. The Hall–Kier alpha value is -3.33. The van der Waals surface area contributed by atoms with Gasteiger partial charge >= 0.3 is 13.7 Å². The molecule has 0 saturated carbocycles. The molecule has 2 aromatic carbocycles. The number of nitrogens with zero attached hydrogens (tertiary/aromatic N) is 1. The standard InChI is InChI=1S/C27H30F3N2O10P/c1-14(2)40-25(37)15(3)31-43(38,42-20-10-6-8-16-7-4-5-9-17(16)20)39-13-27(26(29)30)23(36)22(35)24(41-27)32-12-18(28)19(33)11-21(32)34/h4-10,12,14-15,22-24,26,35-36H,11,13H2,1-3H3,(H,31,38)/t15-,22-,23-,24+,27+,43?/m0/s1. The zero-order chi connectivity index (χ0) is 31.7. The fraction of sp³-hybridized carbons (Fsp3) is 0.444. The van der Waals surface area contributed by atoms with Crippen molar-refractivity contribution in [2.75, 3.05) is 6.61 Å². The van der Waals surface area contributed by atoms with Gasteiger partial charge in [0.2, 0.25) is 11.7 Å². The summed E-state index contributed by atoms with van der Waals surface area (Å²) >= 11 is 0. The number of hydrogen-bond donors (Lipinski definition) is 3. The highest BCUT2D eigenvalue weighted by Gasteiger charge is 2.63. The third-order valence-corrected chi connectivity index (χ3v) is 8.31. The second-order valence-corrected chi connectivity index (χ2v) is 11.9. The molecule has 1 saturated heterocycles. The average molecular weight is 631 g/mol. The molecular weight excluding hydrogens is 600 g/mol. The molecule has 0 aliphatic carbocycles. The number of halogens is 3. The molecule has 0 spiro atoms. The molecule has 1 amide bonds. The Labute approximate surface area is 243 Å². The van der Waals surface area contributed by atoms with Crippen LogP contribution in [0.1, 0.15) is 27.2 Å². The highest BCUT2D eigenvalue weighted by Crippen LogP contribution is 2.49. The van der Waals surface area contributed by atoms with Crippen molar-refractivity contribution in [2.24, 2.45) is 0 Å². The molecule has 12 nitrogen and oxygen atoms in total. The van der Waals surface area contributed by atoms with Crippen LogP contribution >= 0.6 is 7.75 Å². The number of ether oxygens (including phenoxy) is 2. The van der Waals surface area contributed by atoms with Crippen molar-refractivity contribution in [1.29, 1.82) is 0 Å². The molecule has 0 radical (unpaired) electrons. The molecule has 1 unspecified atom stereocenters. The Morgan fingerprint density at radius 3 is 2.51 bits per heavy atom. The molecule has 2 heterocycles. The van der Waals surface area contributed by atoms with Crippen molar-refractivity contribution >= 4 is 36.2 Å². The summed E-state index contributed by atoms with van der Waals surface area (Å²) in [5.74, 6) is -4.53. The predicted octanol–water partition coefficient (Wildman–Crippen LogP) is 2.97. The van der Waals surface area contributed by atoms with Gasteiger partial charge in [-0.2, -0.15) is 5.09 Å². The summed E-state index contributed by atoms with van der Waals surface area (Å²) in [5, 5.41) is 24.7. The van der Waals surface area contributed by atoms with Crippen LogP contribution in [-0.2, 0) is 32.9 Å². The normalized spacial score (nSPS) is 26.5. The van der Waals surface area contributed by atoms with Crippen LogP contribution < -0.4 is 9.61 Å². The van der Waals surface area contributed by atoms with E-state index in [4.69, 9.17) is 18.5 Å². The number of hydrogen-bond acceptors (Lipinski definition) is 10. The van der Waals surface area contributed by atoms with Crippen LogP contribution in [-0.4, -0.2) is 82.0 Å². The number of ketones is 1.